The predicted molar refractivity (Wildman–Crippen MR) is 103 cm³/mol. The first-order chi connectivity index (χ1) is 12.5. The van der Waals surface area contributed by atoms with Crippen LogP contribution in [0.1, 0.15) is 38.3 Å². The van der Waals surface area contributed by atoms with E-state index in [0.29, 0.717) is 54.6 Å². The molecule has 1 fully saturated rings. The summed E-state index contributed by atoms with van der Waals surface area (Å²) in [5, 5.41) is 10.9. The molecular weight excluding hydrogens is 391 g/mol. The number of hydrogen-bond acceptors (Lipinski definition) is 4. The zero-order valence-corrected chi connectivity index (χ0v) is 17.2. The van der Waals surface area contributed by atoms with Gasteiger partial charge < -0.3 is 14.7 Å². The number of carbonyl (C=O) groups excluding carboxylic acids is 1. The first kappa shape index (κ1) is 20.2. The van der Waals surface area contributed by atoms with Crippen molar-refractivity contribution in [1.82, 2.24) is 9.80 Å². The zero-order valence-electron chi connectivity index (χ0n) is 15.7. The Hall–Kier alpha value is -1.50. The van der Waals surface area contributed by atoms with E-state index in [1.54, 1.807) is 17.0 Å². The second-order valence-electron chi connectivity index (χ2n) is 8.04. The average molecular weight is 415 g/mol. The van der Waals surface area contributed by atoms with Gasteiger partial charge in [0.05, 0.1) is 10.0 Å². The lowest BCUT2D eigenvalue weighted by molar-refractivity contribution is -0.154. The van der Waals surface area contributed by atoms with Crippen LogP contribution in [0.3, 0.4) is 0 Å². The van der Waals surface area contributed by atoms with Gasteiger partial charge in [-0.15, -0.1) is 0 Å². The molecule has 1 aromatic carbocycles. The molecule has 1 heterocycles. The fourth-order valence-electron chi connectivity index (χ4n) is 3.91. The SMILES string of the molecule is CC(C)(C)OC(=O)N1CCN([C@@]2(C(=O)O)CCc3cc(Cl)c(Cl)cc32)CC1. The fourth-order valence-corrected chi connectivity index (χ4v) is 4.26. The lowest BCUT2D eigenvalue weighted by atomic mass is 9.89. The Morgan fingerprint density at radius 3 is 2.26 bits per heavy atom. The maximum atomic E-state index is 12.4. The van der Waals surface area contributed by atoms with Gasteiger partial charge in [-0.3, -0.25) is 4.90 Å². The highest BCUT2D eigenvalue weighted by Gasteiger charge is 2.51. The van der Waals surface area contributed by atoms with E-state index in [4.69, 9.17) is 27.9 Å². The van der Waals surface area contributed by atoms with Crippen molar-refractivity contribution in [3.63, 3.8) is 0 Å². The second-order valence-corrected chi connectivity index (χ2v) is 8.86. The van der Waals surface area contributed by atoms with E-state index >= 15 is 0 Å². The van der Waals surface area contributed by atoms with Crippen molar-refractivity contribution in [2.24, 2.45) is 0 Å². The minimum absolute atomic E-state index is 0.357. The Morgan fingerprint density at radius 1 is 1.11 bits per heavy atom. The van der Waals surface area contributed by atoms with Crippen molar-refractivity contribution in [3.05, 3.63) is 33.3 Å². The summed E-state index contributed by atoms with van der Waals surface area (Å²) in [6, 6.07) is 3.45. The van der Waals surface area contributed by atoms with Crippen molar-refractivity contribution >= 4 is 35.3 Å². The molecule has 2 aliphatic rings. The third-order valence-corrected chi connectivity index (χ3v) is 5.89. The Morgan fingerprint density at radius 2 is 1.70 bits per heavy atom. The van der Waals surface area contributed by atoms with Gasteiger partial charge in [-0.25, -0.2) is 9.59 Å². The number of piperazine rings is 1. The number of hydrogen-bond donors (Lipinski definition) is 1. The molecule has 6 nitrogen and oxygen atoms in total. The maximum absolute atomic E-state index is 12.4. The summed E-state index contributed by atoms with van der Waals surface area (Å²) in [5.41, 5.74) is -0.0722. The van der Waals surface area contributed by atoms with Crippen molar-refractivity contribution < 1.29 is 19.4 Å². The lowest BCUT2D eigenvalue weighted by Crippen LogP contribution is -2.59. The van der Waals surface area contributed by atoms with Crippen molar-refractivity contribution in [2.75, 3.05) is 26.2 Å². The molecule has 0 saturated carbocycles. The Kier molecular flexibility index (Phi) is 5.36. The molecule has 1 aromatic rings. The Labute approximate surface area is 169 Å². The van der Waals surface area contributed by atoms with E-state index in [2.05, 4.69) is 0 Å². The molecule has 0 bridgehead atoms. The summed E-state index contributed by atoms with van der Waals surface area (Å²) in [7, 11) is 0. The summed E-state index contributed by atoms with van der Waals surface area (Å²) in [6.07, 6.45) is 0.721. The van der Waals surface area contributed by atoms with Crippen LogP contribution < -0.4 is 0 Å². The monoisotopic (exact) mass is 414 g/mol. The minimum Gasteiger partial charge on any atom is -0.480 e. The van der Waals surface area contributed by atoms with Gasteiger partial charge in [0, 0.05) is 26.2 Å². The molecule has 0 radical (unpaired) electrons. The number of aliphatic carboxylic acids is 1. The van der Waals surface area contributed by atoms with Gasteiger partial charge in [0.2, 0.25) is 0 Å². The number of ether oxygens (including phenoxy) is 1. The topological polar surface area (TPSA) is 70.1 Å². The van der Waals surface area contributed by atoms with E-state index in [1.165, 1.54) is 0 Å². The minimum atomic E-state index is -1.14. The Bertz CT molecular complexity index is 770. The van der Waals surface area contributed by atoms with Crippen LogP contribution in [0.25, 0.3) is 0 Å². The highest BCUT2D eigenvalue weighted by molar-refractivity contribution is 6.42. The maximum Gasteiger partial charge on any atom is 0.410 e. The van der Waals surface area contributed by atoms with Crippen LogP contribution >= 0.6 is 23.2 Å². The van der Waals surface area contributed by atoms with Crippen molar-refractivity contribution in [1.29, 1.82) is 0 Å². The molecule has 27 heavy (non-hydrogen) atoms. The highest BCUT2D eigenvalue weighted by Crippen LogP contribution is 2.45. The molecule has 0 aromatic heterocycles. The molecule has 0 unspecified atom stereocenters. The Balaban J connectivity index is 1.81. The number of carbonyl (C=O) groups is 2. The van der Waals surface area contributed by atoms with E-state index in [0.717, 1.165) is 5.56 Å². The van der Waals surface area contributed by atoms with Crippen LogP contribution in [-0.2, 0) is 21.5 Å². The molecular formula is C19H24Cl2N2O4. The van der Waals surface area contributed by atoms with Gasteiger partial charge in [-0.2, -0.15) is 0 Å². The number of carboxylic acids is 1. The standard InChI is InChI=1S/C19H24Cl2N2O4/c1-18(2,3)27-17(26)22-6-8-23(9-7-22)19(16(24)25)5-4-12-10-14(20)15(21)11-13(12)19/h10-11H,4-9H2,1-3H3,(H,24,25)/t19-/m0/s1. The van der Waals surface area contributed by atoms with Crippen LogP contribution in [0.5, 0.6) is 0 Å². The quantitative estimate of drug-likeness (QED) is 0.797. The molecule has 1 atom stereocenters. The number of benzene rings is 1. The van der Waals surface area contributed by atoms with E-state index in [1.807, 2.05) is 25.7 Å². The van der Waals surface area contributed by atoms with E-state index in [9.17, 15) is 14.7 Å². The van der Waals surface area contributed by atoms with E-state index in [-0.39, 0.29) is 6.09 Å². The van der Waals surface area contributed by atoms with Crippen molar-refractivity contribution in [2.45, 2.75) is 44.8 Å². The van der Waals surface area contributed by atoms with Crippen LogP contribution in [0.2, 0.25) is 10.0 Å². The van der Waals surface area contributed by atoms with Gasteiger partial charge in [0.1, 0.15) is 11.1 Å². The number of nitrogens with zero attached hydrogens (tertiary/aromatic N) is 2. The van der Waals surface area contributed by atoms with Crippen LogP contribution in [0.15, 0.2) is 12.1 Å². The first-order valence-corrected chi connectivity index (χ1v) is 9.75. The van der Waals surface area contributed by atoms with Crippen molar-refractivity contribution in [3.8, 4) is 0 Å². The van der Waals surface area contributed by atoms with Gasteiger partial charge in [0.15, 0.2) is 0 Å². The third-order valence-electron chi connectivity index (χ3n) is 5.17. The number of carboxylic acid groups (broad SMARTS) is 1. The molecule has 148 valence electrons. The number of fused-ring (bicyclic) bond motifs is 1. The predicted octanol–water partition coefficient (Wildman–Crippen LogP) is 3.77. The molecule has 3 rings (SSSR count). The largest absolute Gasteiger partial charge is 0.480 e. The molecule has 1 amide bonds. The third kappa shape index (κ3) is 3.75. The first-order valence-electron chi connectivity index (χ1n) is 8.99. The smallest absolute Gasteiger partial charge is 0.410 e. The molecule has 1 saturated heterocycles. The number of aryl methyl sites for hydroxylation is 1. The van der Waals surface area contributed by atoms with Crippen LogP contribution in [-0.4, -0.2) is 58.7 Å². The van der Waals surface area contributed by atoms with Crippen LogP contribution in [0.4, 0.5) is 4.79 Å². The lowest BCUT2D eigenvalue weighted by Gasteiger charge is -2.44. The van der Waals surface area contributed by atoms with Gasteiger partial charge in [-0.1, -0.05) is 23.2 Å². The molecule has 0 spiro atoms. The second kappa shape index (κ2) is 7.15. The normalized spacial score (nSPS) is 23.2. The summed E-state index contributed by atoms with van der Waals surface area (Å²) >= 11 is 12.3. The molecule has 1 N–H and O–H groups in total. The van der Waals surface area contributed by atoms with E-state index < -0.39 is 17.1 Å². The van der Waals surface area contributed by atoms with Gasteiger partial charge in [0.25, 0.3) is 0 Å². The molecule has 8 heteroatoms. The van der Waals surface area contributed by atoms with Crippen LogP contribution in [0, 0.1) is 0 Å². The summed E-state index contributed by atoms with van der Waals surface area (Å²) in [4.78, 5) is 28.2. The van der Waals surface area contributed by atoms with Gasteiger partial charge in [-0.05, 0) is 56.9 Å². The number of halogens is 2. The average Bonchev–Trinajstić information content (AvgIpc) is 2.93. The summed E-state index contributed by atoms with van der Waals surface area (Å²) in [5.74, 6) is -0.898. The molecule has 1 aliphatic carbocycles. The fraction of sp³-hybridized carbons (Fsp3) is 0.579. The zero-order chi connectivity index (χ0) is 20.0. The summed E-state index contributed by atoms with van der Waals surface area (Å²) < 4.78 is 5.42. The molecule has 1 aliphatic heterocycles. The van der Waals surface area contributed by atoms with Gasteiger partial charge >= 0.3 is 12.1 Å². The number of rotatable bonds is 2. The summed E-state index contributed by atoms with van der Waals surface area (Å²) in [6.45, 7) is 7.21. The highest BCUT2D eigenvalue weighted by atomic mass is 35.5. The number of amides is 1.